The van der Waals surface area contributed by atoms with Crippen LogP contribution in [0.5, 0.6) is 0 Å². The molecule has 0 radical (unpaired) electrons. The second-order valence-corrected chi connectivity index (χ2v) is 16.0. The maximum absolute atomic E-state index is 2.66. The molecule has 0 aromatic heterocycles. The molecule has 0 bridgehead atoms. The Morgan fingerprint density at radius 1 is 0.583 bits per heavy atom. The first-order chi connectivity index (χ1) is 17.2. The minimum absolute atomic E-state index is 0.524. The number of rotatable bonds is 7. The number of benzene rings is 3. The highest BCUT2D eigenvalue weighted by Crippen LogP contribution is 2.55. The molecule has 3 aromatic rings. The van der Waals surface area contributed by atoms with Crippen LogP contribution in [0, 0.1) is 11.8 Å². The maximum Gasteiger partial charge on any atom is 0.146 e. The highest BCUT2D eigenvalue weighted by atomic mass is 28.3. The van der Waals surface area contributed by atoms with Gasteiger partial charge in [0.15, 0.2) is 0 Å². The highest BCUT2D eigenvalue weighted by Gasteiger charge is 2.48. The summed E-state index contributed by atoms with van der Waals surface area (Å²) in [6.07, 6.45) is 2.44. The lowest BCUT2D eigenvalue weighted by atomic mass is 9.88. The predicted octanol–water partition coefficient (Wildman–Crippen LogP) is 9.28. The lowest BCUT2D eigenvalue weighted by Gasteiger charge is -2.35. The molecule has 0 amide bonds. The second-order valence-electron chi connectivity index (χ2n) is 12.1. The molecule has 36 heavy (non-hydrogen) atoms. The lowest BCUT2D eigenvalue weighted by molar-refractivity contribution is 0.541. The zero-order chi connectivity index (χ0) is 25.6. The molecule has 0 spiro atoms. The van der Waals surface area contributed by atoms with E-state index in [1.807, 2.05) is 0 Å². The third-order valence-electron chi connectivity index (χ3n) is 8.81. The van der Waals surface area contributed by atoms with Crippen molar-refractivity contribution in [1.82, 2.24) is 0 Å². The summed E-state index contributed by atoms with van der Waals surface area (Å²) in [5.41, 5.74) is 9.38. The molecule has 2 aliphatic carbocycles. The van der Waals surface area contributed by atoms with E-state index in [1.54, 1.807) is 32.7 Å². The summed E-state index contributed by atoms with van der Waals surface area (Å²) in [5, 5.41) is 4.88. The predicted molar refractivity (Wildman–Crippen MR) is 160 cm³/mol. The molecule has 2 atom stereocenters. The van der Waals surface area contributed by atoms with Crippen LogP contribution in [0.25, 0.3) is 10.4 Å². The van der Waals surface area contributed by atoms with E-state index in [1.165, 1.54) is 29.2 Å². The highest BCUT2D eigenvalue weighted by molar-refractivity contribution is 7.18. The van der Waals surface area contributed by atoms with E-state index in [2.05, 4.69) is 127 Å². The van der Waals surface area contributed by atoms with E-state index in [0.29, 0.717) is 23.7 Å². The van der Waals surface area contributed by atoms with Crippen molar-refractivity contribution in [2.45, 2.75) is 72.8 Å². The fourth-order valence-corrected chi connectivity index (χ4v) is 12.5. The van der Waals surface area contributed by atoms with Crippen molar-refractivity contribution in [3.05, 3.63) is 112 Å². The number of hydrogen-bond donors (Lipinski definition) is 0. The van der Waals surface area contributed by atoms with E-state index in [0.717, 1.165) is 0 Å². The van der Waals surface area contributed by atoms with Gasteiger partial charge in [-0.2, -0.15) is 0 Å². The van der Waals surface area contributed by atoms with Gasteiger partial charge < -0.3 is 0 Å². The van der Waals surface area contributed by atoms with Crippen LogP contribution in [0.1, 0.15) is 88.5 Å². The van der Waals surface area contributed by atoms with Crippen molar-refractivity contribution in [2.24, 2.45) is 11.8 Å². The molecule has 0 aliphatic heterocycles. The summed E-state index contributed by atoms with van der Waals surface area (Å²) < 4.78 is 0. The molecule has 0 heterocycles. The summed E-state index contributed by atoms with van der Waals surface area (Å²) in [7, 11) is -2.31. The van der Waals surface area contributed by atoms with Gasteiger partial charge in [-0.3, -0.25) is 0 Å². The van der Waals surface area contributed by atoms with Crippen molar-refractivity contribution in [1.29, 1.82) is 0 Å². The summed E-state index contributed by atoms with van der Waals surface area (Å²) >= 11 is 0. The van der Waals surface area contributed by atoms with Gasteiger partial charge in [0.2, 0.25) is 0 Å². The van der Waals surface area contributed by atoms with Gasteiger partial charge >= 0.3 is 0 Å². The summed E-state index contributed by atoms with van der Waals surface area (Å²) in [6.45, 7) is 17.1. The quantitative estimate of drug-likeness (QED) is 0.289. The van der Waals surface area contributed by atoms with Crippen LogP contribution in [0.15, 0.2) is 90.0 Å². The van der Waals surface area contributed by atoms with Crippen molar-refractivity contribution in [3.63, 3.8) is 0 Å². The standard InChI is InChI=1S/C35H42Si/c1-23(2)21-32-25(5)34(30-19-13-11-17-28(30)32)36(7,27-15-9-8-10-16-27)35-26(6)33(22-24(3)4)29-18-12-14-20-31(29)35/h8-20,23-24,32-33H,21-22H2,1-7H3. The Bertz CT molecular complexity index is 1240. The van der Waals surface area contributed by atoms with Gasteiger partial charge in [-0.15, -0.1) is 0 Å². The lowest BCUT2D eigenvalue weighted by Crippen LogP contribution is -2.48. The number of fused-ring (bicyclic) bond motifs is 2. The molecule has 1 heteroatoms. The third kappa shape index (κ3) is 3.97. The Morgan fingerprint density at radius 3 is 1.39 bits per heavy atom. The molecular formula is C35H42Si. The zero-order valence-corrected chi connectivity index (χ0v) is 24.2. The Balaban J connectivity index is 1.83. The average molecular weight is 491 g/mol. The molecule has 3 aromatic carbocycles. The normalized spacial score (nSPS) is 20.8. The minimum atomic E-state index is -2.31. The molecule has 0 nitrogen and oxygen atoms in total. The van der Waals surface area contributed by atoms with Crippen molar-refractivity contribution < 1.29 is 0 Å². The fraction of sp³-hybridized carbons (Fsp3) is 0.371. The fourth-order valence-electron chi connectivity index (χ4n) is 7.36. The van der Waals surface area contributed by atoms with E-state index >= 15 is 0 Å². The molecule has 2 aliphatic rings. The van der Waals surface area contributed by atoms with Crippen LogP contribution in [0.4, 0.5) is 0 Å². The van der Waals surface area contributed by atoms with E-state index in [-0.39, 0.29) is 0 Å². The first-order valence-electron chi connectivity index (χ1n) is 13.9. The summed E-state index contributed by atoms with van der Waals surface area (Å²) in [4.78, 5) is 0. The van der Waals surface area contributed by atoms with Crippen LogP contribution < -0.4 is 5.19 Å². The largest absolute Gasteiger partial charge is 0.146 e. The van der Waals surface area contributed by atoms with E-state index in [4.69, 9.17) is 0 Å². The molecule has 0 fully saturated rings. The first kappa shape index (κ1) is 25.0. The van der Waals surface area contributed by atoms with Crippen LogP contribution in [0.2, 0.25) is 6.55 Å². The minimum Gasteiger partial charge on any atom is -0.0652 e. The Kier molecular flexibility index (Phi) is 6.72. The van der Waals surface area contributed by atoms with E-state index < -0.39 is 8.07 Å². The number of allylic oxidation sites excluding steroid dienone is 2. The summed E-state index contributed by atoms with van der Waals surface area (Å²) in [6, 6.07) is 30.2. The van der Waals surface area contributed by atoms with Crippen molar-refractivity contribution in [2.75, 3.05) is 0 Å². The maximum atomic E-state index is 2.66. The van der Waals surface area contributed by atoms with Gasteiger partial charge in [0.25, 0.3) is 0 Å². The first-order valence-corrected chi connectivity index (χ1v) is 16.4. The van der Waals surface area contributed by atoms with Gasteiger partial charge in [-0.1, -0.05) is 124 Å². The molecule has 2 unspecified atom stereocenters. The van der Waals surface area contributed by atoms with Crippen molar-refractivity contribution in [3.8, 4) is 0 Å². The monoisotopic (exact) mass is 490 g/mol. The van der Waals surface area contributed by atoms with Crippen LogP contribution in [-0.4, -0.2) is 8.07 Å². The van der Waals surface area contributed by atoms with Gasteiger partial charge in [-0.25, -0.2) is 0 Å². The number of hydrogen-bond acceptors (Lipinski definition) is 0. The molecule has 5 rings (SSSR count). The SMILES string of the molecule is CC1=C([Si](C)(C2=C(C)C(CC(C)C)c3ccccc32)c2ccccc2)c2ccccc2C1CC(C)C. The van der Waals surface area contributed by atoms with Crippen LogP contribution in [-0.2, 0) is 0 Å². The van der Waals surface area contributed by atoms with Crippen LogP contribution >= 0.6 is 0 Å². The van der Waals surface area contributed by atoms with Crippen LogP contribution in [0.3, 0.4) is 0 Å². The molecule has 0 saturated heterocycles. The topological polar surface area (TPSA) is 0 Å². The molecule has 186 valence electrons. The zero-order valence-electron chi connectivity index (χ0n) is 23.2. The van der Waals surface area contributed by atoms with Gasteiger partial charge in [-0.05, 0) is 76.4 Å². The smallest absolute Gasteiger partial charge is 0.0652 e. The average Bonchev–Trinajstić information content (AvgIpc) is 3.30. The third-order valence-corrected chi connectivity index (χ3v) is 13.6. The Morgan fingerprint density at radius 2 is 0.972 bits per heavy atom. The van der Waals surface area contributed by atoms with E-state index in [9.17, 15) is 0 Å². The molecular weight excluding hydrogens is 448 g/mol. The summed E-state index contributed by atoms with van der Waals surface area (Å²) in [5.74, 6) is 2.39. The van der Waals surface area contributed by atoms with Gasteiger partial charge in [0, 0.05) is 11.8 Å². The second kappa shape index (κ2) is 9.67. The van der Waals surface area contributed by atoms with Crippen molar-refractivity contribution >= 4 is 23.7 Å². The molecule has 0 N–H and O–H groups in total. The molecule has 0 saturated carbocycles. The Labute approximate surface area is 220 Å². The Hall–Kier alpha value is -2.64. The van der Waals surface area contributed by atoms with Gasteiger partial charge in [0.1, 0.15) is 8.07 Å². The van der Waals surface area contributed by atoms with Gasteiger partial charge in [0.05, 0.1) is 0 Å².